The van der Waals surface area contributed by atoms with Crippen LogP contribution in [0.2, 0.25) is 0 Å². The van der Waals surface area contributed by atoms with Gasteiger partial charge in [0, 0.05) is 0 Å². The summed E-state index contributed by atoms with van der Waals surface area (Å²) >= 11 is 0. The van der Waals surface area contributed by atoms with Crippen LogP contribution in [0.4, 0.5) is 9.59 Å². The van der Waals surface area contributed by atoms with Crippen LogP contribution in [0, 0.1) is 0 Å². The zero-order valence-electron chi connectivity index (χ0n) is 13.2. The van der Waals surface area contributed by atoms with Crippen LogP contribution >= 0.6 is 0 Å². The normalized spacial score (nSPS) is 12.4. The van der Waals surface area contributed by atoms with Crippen molar-refractivity contribution in [1.82, 2.24) is 5.32 Å². The van der Waals surface area contributed by atoms with Gasteiger partial charge in [-0.15, -0.1) is 0 Å². The van der Waals surface area contributed by atoms with Gasteiger partial charge >= 0.3 is 18.2 Å². The number of carbonyl (C=O) groups is 3. The van der Waals surface area contributed by atoms with Gasteiger partial charge in [0.25, 0.3) is 0 Å². The van der Waals surface area contributed by atoms with Crippen molar-refractivity contribution in [1.29, 1.82) is 0 Å². The Labute approximate surface area is 142 Å². The van der Waals surface area contributed by atoms with Crippen LogP contribution in [0.25, 0.3) is 0 Å². The van der Waals surface area contributed by atoms with Gasteiger partial charge in [-0.05, 0) is 31.2 Å². The Morgan fingerprint density at radius 1 is 0.880 bits per heavy atom. The number of aliphatic hydroxyl groups is 1. The molecule has 0 saturated carbocycles. The van der Waals surface area contributed by atoms with E-state index in [0.29, 0.717) is 0 Å². The van der Waals surface area contributed by atoms with Gasteiger partial charge < -0.3 is 19.3 Å². The van der Waals surface area contributed by atoms with E-state index in [1.165, 1.54) is 24.3 Å². The topological polar surface area (TPSA) is 111 Å². The molecule has 0 saturated heterocycles. The largest absolute Gasteiger partial charge is 0.521 e. The molecule has 2 rings (SSSR count). The van der Waals surface area contributed by atoms with E-state index in [2.05, 4.69) is 4.74 Å². The van der Waals surface area contributed by atoms with Gasteiger partial charge in [0.15, 0.2) is 0 Å². The molecule has 0 spiro atoms. The summed E-state index contributed by atoms with van der Waals surface area (Å²) in [6.45, 7) is 0.928. The van der Waals surface area contributed by atoms with Crippen molar-refractivity contribution < 1.29 is 33.7 Å². The van der Waals surface area contributed by atoms with E-state index in [4.69, 9.17) is 9.47 Å². The first-order valence-electron chi connectivity index (χ1n) is 7.13. The van der Waals surface area contributed by atoms with E-state index >= 15 is 0 Å². The van der Waals surface area contributed by atoms with Crippen LogP contribution < -0.4 is 14.8 Å². The van der Waals surface area contributed by atoms with Crippen LogP contribution in [0.15, 0.2) is 60.7 Å². The molecule has 2 aromatic rings. The van der Waals surface area contributed by atoms with Crippen molar-refractivity contribution >= 4 is 18.2 Å². The number of hydrogen-bond donors (Lipinski definition) is 2. The van der Waals surface area contributed by atoms with Crippen molar-refractivity contribution in [2.75, 3.05) is 0 Å². The van der Waals surface area contributed by atoms with Gasteiger partial charge in [-0.1, -0.05) is 36.4 Å². The number of benzene rings is 2. The standard InChI is InChI=1S/C17H15NO7/c1-17(22,18-15(20)23-12-8-4-2-5-9-12)14(19)25-16(21)24-13-10-6-3-7-11-13/h2-11,22H,1H3,(H,18,20). The van der Waals surface area contributed by atoms with Crippen LogP contribution in [0.5, 0.6) is 11.5 Å². The minimum atomic E-state index is -2.50. The van der Waals surface area contributed by atoms with Crippen LogP contribution in [-0.4, -0.2) is 29.0 Å². The van der Waals surface area contributed by atoms with Crippen LogP contribution in [-0.2, 0) is 9.53 Å². The Morgan fingerprint density at radius 2 is 1.36 bits per heavy atom. The molecule has 130 valence electrons. The first-order valence-corrected chi connectivity index (χ1v) is 7.13. The minimum Gasteiger partial charge on any atom is -0.410 e. The number of nitrogens with one attached hydrogen (secondary N) is 1. The number of para-hydroxylation sites is 2. The first kappa shape index (κ1) is 18.0. The summed E-state index contributed by atoms with van der Waals surface area (Å²) in [5.74, 6) is -1.08. The fourth-order valence-corrected chi connectivity index (χ4v) is 1.65. The lowest BCUT2D eigenvalue weighted by atomic mass is 10.3. The highest BCUT2D eigenvalue weighted by Crippen LogP contribution is 2.12. The summed E-state index contributed by atoms with van der Waals surface area (Å²) in [6.07, 6.45) is -2.46. The number of hydrogen-bond acceptors (Lipinski definition) is 7. The quantitative estimate of drug-likeness (QED) is 0.378. The smallest absolute Gasteiger partial charge is 0.410 e. The van der Waals surface area contributed by atoms with E-state index < -0.39 is 23.9 Å². The molecular formula is C17H15NO7. The Bertz CT molecular complexity index is 744. The molecule has 0 heterocycles. The summed E-state index contributed by atoms with van der Waals surface area (Å²) in [5, 5.41) is 11.8. The van der Waals surface area contributed by atoms with Gasteiger partial charge in [0.05, 0.1) is 0 Å². The van der Waals surface area contributed by atoms with E-state index in [1.807, 2.05) is 5.32 Å². The SMILES string of the molecule is CC(O)(NC(=O)Oc1ccccc1)C(=O)OC(=O)Oc1ccccc1. The maximum absolute atomic E-state index is 11.8. The van der Waals surface area contributed by atoms with Crippen molar-refractivity contribution in [2.24, 2.45) is 0 Å². The van der Waals surface area contributed by atoms with E-state index in [1.54, 1.807) is 36.4 Å². The molecule has 0 aliphatic carbocycles. The van der Waals surface area contributed by atoms with Crippen LogP contribution in [0.3, 0.4) is 0 Å². The third-order valence-electron chi connectivity index (χ3n) is 2.82. The second-order valence-electron chi connectivity index (χ2n) is 4.95. The molecule has 0 aliphatic rings. The molecule has 0 bridgehead atoms. The average Bonchev–Trinajstić information content (AvgIpc) is 2.55. The summed E-state index contributed by atoms with van der Waals surface area (Å²) in [4.78, 5) is 35.0. The highest BCUT2D eigenvalue weighted by atomic mass is 16.7. The van der Waals surface area contributed by atoms with Gasteiger partial charge in [-0.25, -0.2) is 14.4 Å². The fourth-order valence-electron chi connectivity index (χ4n) is 1.65. The lowest BCUT2D eigenvalue weighted by Crippen LogP contribution is -2.54. The molecule has 0 aliphatic heterocycles. The second kappa shape index (κ2) is 7.93. The van der Waals surface area contributed by atoms with Crippen molar-refractivity contribution in [2.45, 2.75) is 12.6 Å². The molecule has 0 radical (unpaired) electrons. The van der Waals surface area contributed by atoms with Gasteiger partial charge in [0.1, 0.15) is 11.5 Å². The maximum Gasteiger partial charge on any atom is 0.521 e. The molecule has 2 aromatic carbocycles. The van der Waals surface area contributed by atoms with Gasteiger partial charge in [-0.3, -0.25) is 5.32 Å². The Morgan fingerprint density at radius 3 is 1.88 bits per heavy atom. The molecule has 8 nitrogen and oxygen atoms in total. The molecule has 1 amide bonds. The predicted octanol–water partition coefficient (Wildman–Crippen LogP) is 2.23. The number of amides is 1. The molecular weight excluding hydrogens is 330 g/mol. The molecule has 1 unspecified atom stereocenters. The van der Waals surface area contributed by atoms with Gasteiger partial charge in [0.2, 0.25) is 5.72 Å². The minimum absolute atomic E-state index is 0.149. The maximum atomic E-state index is 11.8. The molecule has 8 heteroatoms. The Hall–Kier alpha value is -3.39. The lowest BCUT2D eigenvalue weighted by molar-refractivity contribution is -0.160. The van der Waals surface area contributed by atoms with Crippen LogP contribution in [0.1, 0.15) is 6.92 Å². The summed E-state index contributed by atoms with van der Waals surface area (Å²) in [7, 11) is 0. The predicted molar refractivity (Wildman–Crippen MR) is 84.8 cm³/mol. The van der Waals surface area contributed by atoms with Crippen molar-refractivity contribution in [3.8, 4) is 11.5 Å². The zero-order valence-corrected chi connectivity index (χ0v) is 13.2. The van der Waals surface area contributed by atoms with E-state index in [9.17, 15) is 19.5 Å². The molecule has 2 N–H and O–H groups in total. The molecule has 0 fully saturated rings. The van der Waals surface area contributed by atoms with Crippen molar-refractivity contribution in [3.63, 3.8) is 0 Å². The molecule has 1 atom stereocenters. The molecule has 0 aromatic heterocycles. The average molecular weight is 345 g/mol. The summed E-state index contributed by atoms with van der Waals surface area (Å²) < 4.78 is 14.0. The van der Waals surface area contributed by atoms with Crippen molar-refractivity contribution in [3.05, 3.63) is 60.7 Å². The monoisotopic (exact) mass is 345 g/mol. The lowest BCUT2D eigenvalue weighted by Gasteiger charge is -2.21. The number of esters is 1. The third kappa shape index (κ3) is 5.63. The number of rotatable bonds is 4. The fraction of sp³-hybridized carbons (Fsp3) is 0.118. The first-order chi connectivity index (χ1) is 11.9. The number of ether oxygens (including phenoxy) is 3. The summed E-state index contributed by atoms with van der Waals surface area (Å²) in [6, 6.07) is 15.9. The zero-order chi connectivity index (χ0) is 18.3. The Kier molecular flexibility index (Phi) is 5.70. The number of carbonyl (C=O) groups excluding carboxylic acids is 3. The highest BCUT2D eigenvalue weighted by molar-refractivity contribution is 5.90. The second-order valence-corrected chi connectivity index (χ2v) is 4.95. The van der Waals surface area contributed by atoms with Gasteiger partial charge in [-0.2, -0.15) is 0 Å². The third-order valence-corrected chi connectivity index (χ3v) is 2.82. The molecule has 25 heavy (non-hydrogen) atoms. The summed E-state index contributed by atoms with van der Waals surface area (Å²) in [5.41, 5.74) is -2.50. The highest BCUT2D eigenvalue weighted by Gasteiger charge is 2.37. The van der Waals surface area contributed by atoms with E-state index in [-0.39, 0.29) is 11.5 Å². The Balaban J connectivity index is 1.88. The van der Waals surface area contributed by atoms with E-state index in [0.717, 1.165) is 6.92 Å².